The quantitative estimate of drug-likeness (QED) is 0.198. The zero-order chi connectivity index (χ0) is 30.4. The molecule has 0 aliphatic carbocycles. The van der Waals surface area contributed by atoms with Crippen molar-refractivity contribution < 1.29 is 0 Å². The van der Waals surface area contributed by atoms with Crippen LogP contribution >= 0.6 is 0 Å². The molecule has 2 aromatic heterocycles. The molecule has 0 amide bonds. The van der Waals surface area contributed by atoms with Crippen LogP contribution in [-0.4, -0.2) is 9.13 Å². The molecule has 0 saturated heterocycles. The van der Waals surface area contributed by atoms with Crippen LogP contribution in [0.4, 0.5) is 0 Å². The number of allylic oxidation sites excluding steroid dienone is 2. The van der Waals surface area contributed by atoms with Crippen LogP contribution < -0.4 is 0 Å². The van der Waals surface area contributed by atoms with Crippen molar-refractivity contribution in [1.29, 1.82) is 0 Å². The van der Waals surface area contributed by atoms with Gasteiger partial charge < -0.3 is 9.13 Å². The van der Waals surface area contributed by atoms with Gasteiger partial charge in [0.15, 0.2) is 0 Å². The largest absolute Gasteiger partial charge is 0.309 e. The summed E-state index contributed by atoms with van der Waals surface area (Å²) in [5.74, 6) is 0. The Morgan fingerprint density at radius 3 is 1.31 bits per heavy atom. The second-order valence-electron chi connectivity index (χ2n) is 13.2. The normalized spacial score (nSPS) is 12.8. The predicted octanol–water partition coefficient (Wildman–Crippen LogP) is 11.5. The fourth-order valence-corrected chi connectivity index (χ4v) is 6.00. The Balaban J connectivity index is 1.82. The lowest BCUT2D eigenvalue weighted by molar-refractivity contribution is 0.591. The van der Waals surface area contributed by atoms with Gasteiger partial charge in [0.2, 0.25) is 0 Å². The van der Waals surface area contributed by atoms with Crippen LogP contribution in [0.25, 0.3) is 57.5 Å². The third-order valence-electron chi connectivity index (χ3n) is 8.22. The second kappa shape index (κ2) is 10.8. The lowest BCUT2D eigenvalue weighted by Crippen LogP contribution is -2.10. The number of fused-ring (bicyclic) bond motifs is 2. The van der Waals surface area contributed by atoms with Crippen LogP contribution in [0.3, 0.4) is 0 Å². The van der Waals surface area contributed by atoms with Crippen molar-refractivity contribution in [1.82, 2.24) is 9.13 Å². The molecule has 0 radical (unpaired) electrons. The molecule has 0 bridgehead atoms. The number of aromatic nitrogens is 2. The zero-order valence-electron chi connectivity index (χ0n) is 26.5. The zero-order valence-corrected chi connectivity index (χ0v) is 26.5. The molecule has 0 spiro atoms. The maximum absolute atomic E-state index is 4.22. The van der Waals surface area contributed by atoms with Crippen LogP contribution in [0, 0.1) is 0 Å². The van der Waals surface area contributed by atoms with E-state index in [0.717, 1.165) is 33.9 Å². The molecule has 0 unspecified atom stereocenters. The summed E-state index contributed by atoms with van der Waals surface area (Å²) >= 11 is 0. The third kappa shape index (κ3) is 4.90. The maximum Gasteiger partial charge on any atom is 0.0541 e. The van der Waals surface area contributed by atoms with Crippen molar-refractivity contribution in [2.45, 2.75) is 66.2 Å². The Morgan fingerprint density at radius 1 is 0.571 bits per heavy atom. The molecule has 2 nitrogen and oxygen atoms in total. The lowest BCUT2D eigenvalue weighted by atomic mass is 9.86. The maximum atomic E-state index is 4.22. The molecule has 214 valence electrons. The van der Waals surface area contributed by atoms with E-state index in [1.807, 2.05) is 12.2 Å². The van der Waals surface area contributed by atoms with E-state index in [-0.39, 0.29) is 10.8 Å². The Kier molecular flexibility index (Phi) is 7.53. The summed E-state index contributed by atoms with van der Waals surface area (Å²) in [7, 11) is 0. The van der Waals surface area contributed by atoms with Crippen LogP contribution in [0.15, 0.2) is 86.0 Å². The molecule has 5 rings (SSSR count). The van der Waals surface area contributed by atoms with Gasteiger partial charge in [0.1, 0.15) is 0 Å². The molecule has 0 atom stereocenters. The van der Waals surface area contributed by atoms with E-state index in [0.29, 0.717) is 0 Å². The first-order valence-corrected chi connectivity index (χ1v) is 14.9. The highest BCUT2D eigenvalue weighted by atomic mass is 15.0. The smallest absolute Gasteiger partial charge is 0.0541 e. The number of nitrogens with zero attached hydrogens (tertiary/aromatic N) is 2. The fraction of sp³-hybridized carbons (Fsp3) is 0.250. The molecule has 0 N–H and O–H groups in total. The van der Waals surface area contributed by atoms with Crippen LogP contribution in [0.5, 0.6) is 0 Å². The second-order valence-corrected chi connectivity index (χ2v) is 13.2. The van der Waals surface area contributed by atoms with Crippen molar-refractivity contribution >= 4 is 46.1 Å². The number of hydrogen-bond donors (Lipinski definition) is 0. The standard InChI is InChI=1S/C40H44N2/c1-11-16-35-31(13-3)33-24-27(39(5,6)7)20-22-37(33)41(35)29-18-15-19-30(26-29)42-36(17-12-2)32(14-4)34-25-28(40(8,9)10)21-23-38(34)42/h11-26H,3-4H2,1-2,5-10H3/b16-11-,17-12-. The summed E-state index contributed by atoms with van der Waals surface area (Å²) in [6.45, 7) is 26.2. The Morgan fingerprint density at radius 2 is 0.976 bits per heavy atom. The first kappa shape index (κ1) is 29.2. The lowest BCUT2D eigenvalue weighted by Gasteiger charge is -2.19. The van der Waals surface area contributed by atoms with Gasteiger partial charge in [-0.1, -0.05) is 97.2 Å². The van der Waals surface area contributed by atoms with Crippen LogP contribution in [0.2, 0.25) is 0 Å². The summed E-state index contributed by atoms with van der Waals surface area (Å²) in [5.41, 5.74) is 11.9. The van der Waals surface area contributed by atoms with Crippen molar-refractivity contribution in [2.75, 3.05) is 0 Å². The van der Waals surface area contributed by atoms with Gasteiger partial charge in [0.25, 0.3) is 0 Å². The Bertz CT molecular complexity index is 1750. The van der Waals surface area contributed by atoms with Gasteiger partial charge in [0.05, 0.1) is 22.4 Å². The van der Waals surface area contributed by atoms with E-state index in [9.17, 15) is 0 Å². The Hall–Kier alpha value is -4.30. The van der Waals surface area contributed by atoms with Crippen LogP contribution in [-0.2, 0) is 10.8 Å². The molecule has 3 aromatic carbocycles. The van der Waals surface area contributed by atoms with Crippen molar-refractivity contribution in [2.24, 2.45) is 0 Å². The summed E-state index contributed by atoms with van der Waals surface area (Å²) in [6.07, 6.45) is 12.6. The first-order chi connectivity index (χ1) is 19.9. The summed E-state index contributed by atoms with van der Waals surface area (Å²) in [5, 5.41) is 2.45. The van der Waals surface area contributed by atoms with E-state index in [1.54, 1.807) is 0 Å². The highest BCUT2D eigenvalue weighted by Gasteiger charge is 2.22. The van der Waals surface area contributed by atoms with Crippen molar-refractivity contribution in [3.8, 4) is 11.4 Å². The average molecular weight is 553 g/mol. The minimum atomic E-state index is 0.0593. The number of benzene rings is 3. The van der Waals surface area contributed by atoms with Crippen molar-refractivity contribution in [3.05, 3.63) is 120 Å². The Labute approximate surface area is 252 Å². The number of hydrogen-bond acceptors (Lipinski definition) is 0. The SMILES string of the molecule is C=Cc1c(/C=C\C)n(-c2cccc(-n3c(/C=C\C)c(C=C)c4cc(C(C)(C)C)ccc43)c2)c2ccc(C(C)(C)C)cc12. The van der Waals surface area contributed by atoms with Gasteiger partial charge in [-0.25, -0.2) is 0 Å². The van der Waals surface area contributed by atoms with E-state index in [4.69, 9.17) is 0 Å². The van der Waals surface area contributed by atoms with Gasteiger partial charge >= 0.3 is 0 Å². The molecule has 5 aromatic rings. The predicted molar refractivity (Wildman–Crippen MR) is 187 cm³/mol. The molecule has 2 heteroatoms. The highest BCUT2D eigenvalue weighted by molar-refractivity contribution is 5.97. The van der Waals surface area contributed by atoms with Gasteiger partial charge in [-0.3, -0.25) is 0 Å². The molecule has 42 heavy (non-hydrogen) atoms. The molecule has 0 saturated carbocycles. The van der Waals surface area contributed by atoms with Gasteiger partial charge in [-0.05, 0) is 90.4 Å². The van der Waals surface area contributed by atoms with Gasteiger partial charge in [0, 0.05) is 33.3 Å². The minimum absolute atomic E-state index is 0.0593. The van der Waals surface area contributed by atoms with E-state index in [1.165, 1.54) is 32.9 Å². The van der Waals surface area contributed by atoms with Crippen molar-refractivity contribution in [3.63, 3.8) is 0 Å². The monoisotopic (exact) mass is 552 g/mol. The third-order valence-corrected chi connectivity index (χ3v) is 8.22. The highest BCUT2D eigenvalue weighted by Crippen LogP contribution is 2.38. The van der Waals surface area contributed by atoms with E-state index in [2.05, 4.69) is 163 Å². The molecule has 0 aliphatic heterocycles. The molecule has 0 fully saturated rings. The molecule has 0 aliphatic rings. The van der Waals surface area contributed by atoms with Gasteiger partial charge in [-0.15, -0.1) is 0 Å². The topological polar surface area (TPSA) is 9.86 Å². The van der Waals surface area contributed by atoms with Gasteiger partial charge in [-0.2, -0.15) is 0 Å². The average Bonchev–Trinajstić information content (AvgIpc) is 3.43. The minimum Gasteiger partial charge on any atom is -0.309 e. The van der Waals surface area contributed by atoms with Crippen LogP contribution in [0.1, 0.15) is 89.0 Å². The van der Waals surface area contributed by atoms with E-state index < -0.39 is 0 Å². The summed E-state index contributed by atoms with van der Waals surface area (Å²) in [4.78, 5) is 0. The molecular weight excluding hydrogens is 508 g/mol. The first-order valence-electron chi connectivity index (χ1n) is 14.9. The molecular formula is C40H44N2. The summed E-state index contributed by atoms with van der Waals surface area (Å²) < 4.78 is 4.74. The fourth-order valence-electron chi connectivity index (χ4n) is 6.00. The molecule has 2 heterocycles. The van der Waals surface area contributed by atoms with E-state index >= 15 is 0 Å². The summed E-state index contributed by atoms with van der Waals surface area (Å²) in [6, 6.07) is 22.6. The number of rotatable bonds is 6.